The fourth-order valence-corrected chi connectivity index (χ4v) is 7.72. The summed E-state index contributed by atoms with van der Waals surface area (Å²) in [6.07, 6.45) is 1.61. The van der Waals surface area contributed by atoms with Crippen molar-refractivity contribution in [2.75, 3.05) is 23.1 Å². The van der Waals surface area contributed by atoms with Gasteiger partial charge in [-0.1, -0.05) is 97.1 Å². The number of para-hydroxylation sites is 1. The standard InChI is InChI=1S/C45H38N4O6S2/c1-28-38(45(54)55-3)44(57-39(28)43(53)46-34-18-11-6-12-19-34)49-40(50)29(2)56-36-21-13-20-35(27-36)47-42(52)37(48-41(51)33-16-9-5-10-17-33)26-30-22-24-32(25-23-30)31-14-7-4-8-15-31/h4-27,29H,1-3H3,(H,46,53)(H,47,52)(H,48,51)(H,49,50)/b37-26+. The second-order valence-electron chi connectivity index (χ2n) is 12.7. The number of thiophene rings is 1. The average molecular weight is 795 g/mol. The van der Waals surface area contributed by atoms with Crippen LogP contribution in [-0.2, 0) is 14.3 Å². The van der Waals surface area contributed by atoms with Gasteiger partial charge in [0, 0.05) is 21.8 Å². The van der Waals surface area contributed by atoms with Gasteiger partial charge in [-0.15, -0.1) is 23.1 Å². The molecule has 0 bridgehead atoms. The quantitative estimate of drug-likeness (QED) is 0.0519. The van der Waals surface area contributed by atoms with E-state index in [2.05, 4.69) is 21.3 Å². The van der Waals surface area contributed by atoms with Gasteiger partial charge < -0.3 is 26.0 Å². The normalized spacial score (nSPS) is 11.5. The molecular formula is C45H38N4O6S2. The monoisotopic (exact) mass is 794 g/mol. The molecule has 0 aliphatic heterocycles. The molecule has 1 aromatic heterocycles. The van der Waals surface area contributed by atoms with Crippen LogP contribution >= 0.6 is 23.1 Å². The molecule has 4 N–H and O–H groups in total. The number of hydrogen-bond donors (Lipinski definition) is 4. The van der Waals surface area contributed by atoms with Crippen molar-refractivity contribution in [3.05, 3.63) is 172 Å². The minimum Gasteiger partial charge on any atom is -0.465 e. The molecule has 12 heteroatoms. The van der Waals surface area contributed by atoms with Crippen molar-refractivity contribution in [2.24, 2.45) is 0 Å². The fraction of sp³-hybridized carbons (Fsp3) is 0.0889. The Kier molecular flexibility index (Phi) is 13.1. The number of esters is 1. The van der Waals surface area contributed by atoms with Crippen molar-refractivity contribution in [3.8, 4) is 11.1 Å². The molecule has 4 amide bonds. The summed E-state index contributed by atoms with van der Waals surface area (Å²) in [7, 11) is 1.23. The van der Waals surface area contributed by atoms with Crippen molar-refractivity contribution >= 4 is 75.1 Å². The van der Waals surface area contributed by atoms with Crippen molar-refractivity contribution in [1.29, 1.82) is 0 Å². The zero-order valence-corrected chi connectivity index (χ0v) is 32.8. The van der Waals surface area contributed by atoms with Gasteiger partial charge >= 0.3 is 5.97 Å². The van der Waals surface area contributed by atoms with Crippen LogP contribution in [0, 0.1) is 6.92 Å². The molecule has 286 valence electrons. The molecular weight excluding hydrogens is 757 g/mol. The topological polar surface area (TPSA) is 143 Å². The third-order valence-electron chi connectivity index (χ3n) is 8.64. The van der Waals surface area contributed by atoms with E-state index in [1.807, 2.05) is 60.7 Å². The number of methoxy groups -OCH3 is 1. The number of hydrogen-bond acceptors (Lipinski definition) is 8. The summed E-state index contributed by atoms with van der Waals surface area (Å²) >= 11 is 2.22. The molecule has 10 nitrogen and oxygen atoms in total. The van der Waals surface area contributed by atoms with Gasteiger partial charge in [-0.25, -0.2) is 4.79 Å². The van der Waals surface area contributed by atoms with Gasteiger partial charge in [-0.05, 0) is 84.6 Å². The van der Waals surface area contributed by atoms with E-state index in [4.69, 9.17) is 4.74 Å². The van der Waals surface area contributed by atoms with Gasteiger partial charge in [0.25, 0.3) is 17.7 Å². The largest absolute Gasteiger partial charge is 0.465 e. The Balaban J connectivity index is 1.16. The number of thioether (sulfide) groups is 1. The highest BCUT2D eigenvalue weighted by atomic mass is 32.2. The van der Waals surface area contributed by atoms with E-state index in [0.29, 0.717) is 33.0 Å². The van der Waals surface area contributed by atoms with Gasteiger partial charge in [0.2, 0.25) is 5.91 Å². The molecule has 1 atom stereocenters. The van der Waals surface area contributed by atoms with Crippen molar-refractivity contribution in [2.45, 2.75) is 24.0 Å². The van der Waals surface area contributed by atoms with E-state index >= 15 is 0 Å². The van der Waals surface area contributed by atoms with E-state index < -0.39 is 34.8 Å². The van der Waals surface area contributed by atoms with Crippen LogP contribution in [0.4, 0.5) is 16.4 Å². The van der Waals surface area contributed by atoms with Crippen LogP contribution in [0.15, 0.2) is 150 Å². The van der Waals surface area contributed by atoms with Crippen LogP contribution in [0.1, 0.15) is 48.4 Å². The number of benzene rings is 5. The maximum Gasteiger partial charge on any atom is 0.341 e. The van der Waals surface area contributed by atoms with E-state index in [9.17, 15) is 24.0 Å². The first-order valence-corrected chi connectivity index (χ1v) is 19.5. The molecule has 0 aliphatic carbocycles. The number of amides is 4. The molecule has 1 unspecified atom stereocenters. The Hall–Kier alpha value is -6.76. The van der Waals surface area contributed by atoms with Gasteiger partial charge in [0.05, 0.1) is 22.8 Å². The maximum atomic E-state index is 13.8. The Morgan fingerprint density at radius 1 is 0.684 bits per heavy atom. The summed E-state index contributed by atoms with van der Waals surface area (Å²) in [5.74, 6) is -2.51. The number of nitrogens with one attached hydrogen (secondary N) is 4. The molecule has 0 radical (unpaired) electrons. The number of carbonyl (C=O) groups is 5. The molecule has 1 heterocycles. The second kappa shape index (κ2) is 18.7. The Morgan fingerprint density at radius 2 is 1.30 bits per heavy atom. The van der Waals surface area contributed by atoms with Crippen LogP contribution in [0.25, 0.3) is 17.2 Å². The van der Waals surface area contributed by atoms with Crippen LogP contribution in [0.5, 0.6) is 0 Å². The Morgan fingerprint density at radius 3 is 1.96 bits per heavy atom. The predicted octanol–water partition coefficient (Wildman–Crippen LogP) is 9.29. The van der Waals surface area contributed by atoms with Gasteiger partial charge in [-0.2, -0.15) is 0 Å². The average Bonchev–Trinajstić information content (AvgIpc) is 3.56. The van der Waals surface area contributed by atoms with Gasteiger partial charge in [-0.3, -0.25) is 19.2 Å². The number of ether oxygens (including phenoxy) is 1. The summed E-state index contributed by atoms with van der Waals surface area (Å²) < 4.78 is 4.98. The van der Waals surface area contributed by atoms with Crippen LogP contribution in [0.3, 0.4) is 0 Å². The lowest BCUT2D eigenvalue weighted by molar-refractivity contribution is -0.115. The molecule has 0 aliphatic rings. The smallest absolute Gasteiger partial charge is 0.341 e. The summed E-state index contributed by atoms with van der Waals surface area (Å²) in [5.41, 5.74) is 4.71. The third kappa shape index (κ3) is 10.3. The summed E-state index contributed by atoms with van der Waals surface area (Å²) in [6.45, 7) is 3.33. The van der Waals surface area contributed by atoms with Crippen LogP contribution in [0.2, 0.25) is 0 Å². The third-order valence-corrected chi connectivity index (χ3v) is 10.9. The molecule has 6 rings (SSSR count). The zero-order chi connectivity index (χ0) is 40.3. The fourth-order valence-electron chi connectivity index (χ4n) is 5.70. The summed E-state index contributed by atoms with van der Waals surface area (Å²) in [6, 6.07) is 42.0. The van der Waals surface area contributed by atoms with Crippen molar-refractivity contribution in [3.63, 3.8) is 0 Å². The van der Waals surface area contributed by atoms with E-state index in [-0.39, 0.29) is 21.1 Å². The maximum absolute atomic E-state index is 13.8. The van der Waals surface area contributed by atoms with E-state index in [1.54, 1.807) is 98.8 Å². The summed E-state index contributed by atoms with van der Waals surface area (Å²) in [4.78, 5) is 67.4. The van der Waals surface area contributed by atoms with Gasteiger partial charge in [0.15, 0.2) is 0 Å². The van der Waals surface area contributed by atoms with Crippen molar-refractivity contribution < 1.29 is 28.7 Å². The predicted molar refractivity (Wildman–Crippen MR) is 228 cm³/mol. The molecule has 57 heavy (non-hydrogen) atoms. The molecule has 0 spiro atoms. The number of carbonyl (C=O) groups excluding carboxylic acids is 5. The lowest BCUT2D eigenvalue weighted by Crippen LogP contribution is -2.30. The first kappa shape index (κ1) is 39.9. The lowest BCUT2D eigenvalue weighted by atomic mass is 10.0. The first-order chi connectivity index (χ1) is 27.6. The first-order valence-electron chi connectivity index (χ1n) is 17.8. The molecule has 0 fully saturated rings. The number of anilines is 3. The van der Waals surface area contributed by atoms with Crippen molar-refractivity contribution in [1.82, 2.24) is 5.32 Å². The SMILES string of the molecule is COC(=O)c1c(NC(=O)C(C)Sc2cccc(NC(=O)/C(=C\c3ccc(-c4ccccc4)cc3)NC(=O)c3ccccc3)c2)sc(C(=O)Nc2ccccc2)c1C. The van der Waals surface area contributed by atoms with Crippen LogP contribution in [-0.4, -0.2) is 42.0 Å². The highest BCUT2D eigenvalue weighted by Crippen LogP contribution is 2.35. The summed E-state index contributed by atoms with van der Waals surface area (Å²) in [5, 5.41) is 10.8. The molecule has 0 saturated heterocycles. The van der Waals surface area contributed by atoms with E-state index in [1.165, 1.54) is 18.9 Å². The lowest BCUT2D eigenvalue weighted by Gasteiger charge is -2.14. The van der Waals surface area contributed by atoms with Gasteiger partial charge in [0.1, 0.15) is 10.7 Å². The number of rotatable bonds is 13. The Bertz CT molecular complexity index is 2430. The zero-order valence-electron chi connectivity index (χ0n) is 31.2. The second-order valence-corrected chi connectivity index (χ2v) is 15.1. The molecule has 0 saturated carbocycles. The minimum atomic E-state index is -0.681. The van der Waals surface area contributed by atoms with E-state index in [0.717, 1.165) is 22.5 Å². The highest BCUT2D eigenvalue weighted by Gasteiger charge is 2.28. The van der Waals surface area contributed by atoms with Crippen LogP contribution < -0.4 is 21.3 Å². The minimum absolute atomic E-state index is 0.0339. The molecule has 6 aromatic rings. The molecule has 5 aromatic carbocycles. The Labute approximate surface area is 338 Å². The highest BCUT2D eigenvalue weighted by molar-refractivity contribution is 8.00.